The van der Waals surface area contributed by atoms with E-state index in [9.17, 15) is 9.18 Å². The molecule has 2 aromatic carbocycles. The van der Waals surface area contributed by atoms with Gasteiger partial charge in [-0.15, -0.1) is 0 Å². The number of carbonyl (C=O) groups excluding carboxylic acids is 1. The number of thiocarbonyl (C=S) groups is 1. The number of hydrogen-bond acceptors (Lipinski definition) is 3. The lowest BCUT2D eigenvalue weighted by molar-refractivity contribution is 0.103. The number of benzene rings is 2. The van der Waals surface area contributed by atoms with Crippen molar-refractivity contribution < 1.29 is 9.18 Å². The summed E-state index contributed by atoms with van der Waals surface area (Å²) in [6, 6.07) is 13.8. The Hall–Kier alpha value is -2.79. The molecular weight excluding hydrogens is 335 g/mol. The van der Waals surface area contributed by atoms with Crippen molar-refractivity contribution in [2.24, 2.45) is 5.73 Å². The van der Waals surface area contributed by atoms with Gasteiger partial charge in [0.1, 0.15) is 10.8 Å². The molecule has 1 unspecified atom stereocenters. The zero-order valence-electron chi connectivity index (χ0n) is 13.5. The minimum atomic E-state index is -0.616. The summed E-state index contributed by atoms with van der Waals surface area (Å²) in [5, 5.41) is 3.26. The van der Waals surface area contributed by atoms with E-state index >= 15 is 0 Å². The van der Waals surface area contributed by atoms with Crippen molar-refractivity contribution in [1.82, 2.24) is 5.32 Å². The Bertz CT molecular complexity index is 1010. The number of dihydropyridines is 1. The zero-order chi connectivity index (χ0) is 17.7. The fraction of sp³-hybridized carbons (Fsp3) is 0.100. The number of fused-ring (bicyclic) bond motifs is 2. The average Bonchev–Trinajstić information content (AvgIpc) is 2.87. The lowest BCUT2D eigenvalue weighted by Crippen LogP contribution is -2.31. The van der Waals surface area contributed by atoms with E-state index in [2.05, 4.69) is 5.32 Å². The number of carbonyl (C=O) groups is 1. The molecule has 0 aromatic heterocycles. The van der Waals surface area contributed by atoms with Crippen LogP contribution in [0.5, 0.6) is 0 Å². The molecule has 0 bridgehead atoms. The first-order chi connectivity index (χ1) is 12.0. The molecule has 2 aromatic rings. The van der Waals surface area contributed by atoms with Crippen LogP contribution in [0.15, 0.2) is 65.4 Å². The SMILES string of the molecule is CC1=C(C(N)=S)C(c2ccccc2F)C2=C(N1)c1ccccc1C2=O. The summed E-state index contributed by atoms with van der Waals surface area (Å²) >= 11 is 5.22. The second kappa shape index (κ2) is 5.63. The van der Waals surface area contributed by atoms with Gasteiger partial charge >= 0.3 is 0 Å². The van der Waals surface area contributed by atoms with Crippen LogP contribution in [0.25, 0.3) is 5.70 Å². The first kappa shape index (κ1) is 15.7. The second-order valence-electron chi connectivity index (χ2n) is 6.15. The Labute approximate surface area is 150 Å². The standard InChI is InChI=1S/C20H15FN2OS/c1-10-15(20(22)25)16(13-8-4-5-9-14(13)21)17-18(23-10)11-6-2-3-7-12(11)19(17)24/h2-9,16,23H,1H3,(H2,22,25). The minimum absolute atomic E-state index is 0.118. The molecule has 5 heteroatoms. The molecule has 1 aliphatic carbocycles. The van der Waals surface area contributed by atoms with E-state index in [-0.39, 0.29) is 16.6 Å². The topological polar surface area (TPSA) is 55.1 Å². The van der Waals surface area contributed by atoms with Crippen LogP contribution in [-0.2, 0) is 0 Å². The van der Waals surface area contributed by atoms with Gasteiger partial charge in [-0.05, 0) is 13.0 Å². The fourth-order valence-corrected chi connectivity index (χ4v) is 3.95. The quantitative estimate of drug-likeness (QED) is 0.812. The summed E-state index contributed by atoms with van der Waals surface area (Å²) in [6.07, 6.45) is 0. The molecule has 0 saturated heterocycles. The van der Waals surface area contributed by atoms with Crippen molar-refractivity contribution in [3.05, 3.63) is 87.9 Å². The van der Waals surface area contributed by atoms with E-state index in [1.165, 1.54) is 6.07 Å². The van der Waals surface area contributed by atoms with Crippen LogP contribution in [0, 0.1) is 5.82 Å². The molecule has 1 aliphatic heterocycles. The van der Waals surface area contributed by atoms with Crippen LogP contribution >= 0.6 is 12.2 Å². The molecule has 0 spiro atoms. The van der Waals surface area contributed by atoms with Gasteiger partial charge in [0.25, 0.3) is 0 Å². The number of hydrogen-bond donors (Lipinski definition) is 2. The molecule has 124 valence electrons. The Morgan fingerprint density at radius 2 is 1.76 bits per heavy atom. The average molecular weight is 350 g/mol. The van der Waals surface area contributed by atoms with E-state index in [1.807, 2.05) is 25.1 Å². The first-order valence-corrected chi connectivity index (χ1v) is 8.31. The predicted molar refractivity (Wildman–Crippen MR) is 99.5 cm³/mol. The van der Waals surface area contributed by atoms with Crippen molar-refractivity contribution in [3.8, 4) is 0 Å². The van der Waals surface area contributed by atoms with Crippen LogP contribution < -0.4 is 11.1 Å². The molecule has 0 radical (unpaired) electrons. The number of nitrogens with two attached hydrogens (primary N) is 1. The molecule has 3 N–H and O–H groups in total. The normalized spacial score (nSPS) is 18.8. The summed E-state index contributed by atoms with van der Waals surface area (Å²) in [5.41, 5.74) is 10.3. The van der Waals surface area contributed by atoms with Crippen LogP contribution in [0.3, 0.4) is 0 Å². The van der Waals surface area contributed by atoms with Crippen molar-refractivity contribution in [3.63, 3.8) is 0 Å². The van der Waals surface area contributed by atoms with Gasteiger partial charge in [-0.2, -0.15) is 0 Å². The third-order valence-electron chi connectivity index (χ3n) is 4.73. The summed E-state index contributed by atoms with van der Waals surface area (Å²) in [4.78, 5) is 13.2. The number of allylic oxidation sites excluding steroid dienone is 2. The maximum Gasteiger partial charge on any atom is 0.192 e. The Morgan fingerprint density at radius 1 is 1.12 bits per heavy atom. The maximum absolute atomic E-state index is 14.6. The molecule has 0 saturated carbocycles. The Kier molecular flexibility index (Phi) is 3.54. The van der Waals surface area contributed by atoms with Gasteiger partial charge in [-0.3, -0.25) is 4.79 Å². The first-order valence-electron chi connectivity index (χ1n) is 7.91. The molecule has 25 heavy (non-hydrogen) atoms. The third kappa shape index (κ3) is 2.23. The van der Waals surface area contributed by atoms with Crippen molar-refractivity contribution in [1.29, 1.82) is 0 Å². The summed E-state index contributed by atoms with van der Waals surface area (Å²) < 4.78 is 14.6. The number of rotatable bonds is 2. The van der Waals surface area contributed by atoms with E-state index in [1.54, 1.807) is 24.3 Å². The third-order valence-corrected chi connectivity index (χ3v) is 4.95. The number of ketones is 1. The lowest BCUT2D eigenvalue weighted by atomic mass is 9.79. The fourth-order valence-electron chi connectivity index (χ4n) is 3.68. The van der Waals surface area contributed by atoms with Crippen molar-refractivity contribution in [2.75, 3.05) is 0 Å². The molecule has 0 fully saturated rings. The highest BCUT2D eigenvalue weighted by Gasteiger charge is 2.41. The van der Waals surface area contributed by atoms with Gasteiger partial charge in [-0.25, -0.2) is 4.39 Å². The van der Waals surface area contributed by atoms with Gasteiger partial charge in [0.05, 0.1) is 5.70 Å². The Morgan fingerprint density at radius 3 is 2.44 bits per heavy atom. The van der Waals surface area contributed by atoms with Gasteiger partial charge in [0.2, 0.25) is 0 Å². The molecule has 1 atom stereocenters. The van der Waals surface area contributed by atoms with Gasteiger partial charge in [0.15, 0.2) is 5.78 Å². The predicted octanol–water partition coefficient (Wildman–Crippen LogP) is 3.68. The highest BCUT2D eigenvalue weighted by atomic mass is 32.1. The molecule has 3 nitrogen and oxygen atoms in total. The van der Waals surface area contributed by atoms with E-state index < -0.39 is 5.92 Å². The monoisotopic (exact) mass is 350 g/mol. The van der Waals surface area contributed by atoms with Gasteiger partial charge < -0.3 is 11.1 Å². The van der Waals surface area contributed by atoms with Crippen molar-refractivity contribution >= 4 is 28.7 Å². The van der Waals surface area contributed by atoms with E-state index in [0.717, 1.165) is 11.3 Å². The Balaban J connectivity index is 2.00. The maximum atomic E-state index is 14.6. The number of halogens is 1. The summed E-state index contributed by atoms with van der Waals surface area (Å²) in [5.74, 6) is -1.12. The lowest BCUT2D eigenvalue weighted by Gasteiger charge is -2.30. The van der Waals surface area contributed by atoms with Gasteiger partial charge in [-0.1, -0.05) is 54.7 Å². The van der Waals surface area contributed by atoms with Crippen LogP contribution in [0.4, 0.5) is 4.39 Å². The van der Waals surface area contributed by atoms with Crippen LogP contribution in [0.2, 0.25) is 0 Å². The molecule has 1 heterocycles. The molecular formula is C20H15FN2OS. The van der Waals surface area contributed by atoms with Crippen molar-refractivity contribution in [2.45, 2.75) is 12.8 Å². The number of Topliss-reactive ketones (excluding diaryl/α,β-unsaturated/α-hetero) is 1. The molecule has 4 rings (SSSR count). The van der Waals surface area contributed by atoms with Crippen LogP contribution in [0.1, 0.15) is 34.3 Å². The zero-order valence-corrected chi connectivity index (χ0v) is 14.3. The van der Waals surface area contributed by atoms with E-state index in [0.29, 0.717) is 28.0 Å². The smallest absolute Gasteiger partial charge is 0.192 e. The van der Waals surface area contributed by atoms with Crippen LogP contribution in [-0.4, -0.2) is 10.8 Å². The number of nitrogens with one attached hydrogen (secondary N) is 1. The summed E-state index contributed by atoms with van der Waals surface area (Å²) in [7, 11) is 0. The highest BCUT2D eigenvalue weighted by molar-refractivity contribution is 7.80. The molecule has 2 aliphatic rings. The minimum Gasteiger partial charge on any atom is -0.390 e. The second-order valence-corrected chi connectivity index (χ2v) is 6.59. The largest absolute Gasteiger partial charge is 0.390 e. The summed E-state index contributed by atoms with van der Waals surface area (Å²) in [6.45, 7) is 1.84. The highest BCUT2D eigenvalue weighted by Crippen LogP contribution is 2.46. The molecule has 0 amide bonds. The van der Waals surface area contributed by atoms with Gasteiger partial charge in [0, 0.05) is 39.5 Å². The van der Waals surface area contributed by atoms with E-state index in [4.69, 9.17) is 18.0 Å².